The molecule has 110 valence electrons. The molecule has 2 aromatic carbocycles. The Labute approximate surface area is 129 Å². The monoisotopic (exact) mass is 353 g/mol. The molecule has 0 heterocycles. The molecule has 0 saturated carbocycles. The van der Waals surface area contributed by atoms with Gasteiger partial charge in [-0.2, -0.15) is 0 Å². The molecule has 0 saturated heterocycles. The normalized spacial score (nSPS) is 11.8. The van der Waals surface area contributed by atoms with Crippen molar-refractivity contribution in [2.75, 3.05) is 12.4 Å². The van der Waals surface area contributed by atoms with E-state index in [1.807, 2.05) is 0 Å². The second kappa shape index (κ2) is 6.58. The highest BCUT2D eigenvalue weighted by Gasteiger charge is 2.22. The number of benzene rings is 2. The third-order valence-corrected chi connectivity index (χ3v) is 3.64. The minimum Gasteiger partial charge on any atom is -0.497 e. The zero-order valence-corrected chi connectivity index (χ0v) is 12.7. The summed E-state index contributed by atoms with van der Waals surface area (Å²) in [5.41, 5.74) is 1.03. The van der Waals surface area contributed by atoms with E-state index < -0.39 is 12.0 Å². The number of carboxylic acid groups (broad SMARTS) is 1. The Morgan fingerprint density at radius 2 is 1.95 bits per heavy atom. The lowest BCUT2D eigenvalue weighted by Crippen LogP contribution is -2.21. The van der Waals surface area contributed by atoms with Crippen molar-refractivity contribution in [1.82, 2.24) is 0 Å². The number of halogens is 2. The van der Waals surface area contributed by atoms with Gasteiger partial charge in [0.1, 0.15) is 11.6 Å². The molecular formula is C15H13BrFNO3. The van der Waals surface area contributed by atoms with Crippen LogP contribution in [0.25, 0.3) is 0 Å². The molecule has 0 aliphatic rings. The molecule has 2 N–H and O–H groups in total. The Balaban J connectivity index is 2.35. The van der Waals surface area contributed by atoms with Crippen molar-refractivity contribution in [2.45, 2.75) is 6.04 Å². The summed E-state index contributed by atoms with van der Waals surface area (Å²) in [6.45, 7) is 0. The number of hydrogen-bond acceptors (Lipinski definition) is 3. The summed E-state index contributed by atoms with van der Waals surface area (Å²) in [5, 5.41) is 12.3. The minimum absolute atomic E-state index is 0.380. The van der Waals surface area contributed by atoms with E-state index in [2.05, 4.69) is 21.2 Å². The molecule has 21 heavy (non-hydrogen) atoms. The summed E-state index contributed by atoms with van der Waals surface area (Å²) in [6, 6.07) is 9.60. The van der Waals surface area contributed by atoms with Crippen LogP contribution in [-0.4, -0.2) is 18.2 Å². The van der Waals surface area contributed by atoms with Gasteiger partial charge < -0.3 is 15.2 Å². The van der Waals surface area contributed by atoms with Gasteiger partial charge in [0.15, 0.2) is 6.04 Å². The van der Waals surface area contributed by atoms with E-state index in [4.69, 9.17) is 4.74 Å². The first-order valence-corrected chi connectivity index (χ1v) is 6.89. The van der Waals surface area contributed by atoms with Crippen molar-refractivity contribution in [2.24, 2.45) is 0 Å². The van der Waals surface area contributed by atoms with Crippen molar-refractivity contribution in [1.29, 1.82) is 0 Å². The zero-order chi connectivity index (χ0) is 15.4. The van der Waals surface area contributed by atoms with Gasteiger partial charge in [-0.15, -0.1) is 0 Å². The van der Waals surface area contributed by atoms with Crippen LogP contribution < -0.4 is 10.1 Å². The molecule has 1 atom stereocenters. The summed E-state index contributed by atoms with van der Waals surface area (Å²) in [7, 11) is 1.51. The van der Waals surface area contributed by atoms with Gasteiger partial charge in [-0.3, -0.25) is 0 Å². The average Bonchev–Trinajstić information content (AvgIpc) is 2.47. The van der Waals surface area contributed by atoms with Crippen LogP contribution in [0.3, 0.4) is 0 Å². The molecule has 0 amide bonds. The maximum atomic E-state index is 12.9. The molecule has 0 radical (unpaired) electrons. The summed E-state index contributed by atoms with van der Waals surface area (Å²) in [6.07, 6.45) is 0. The topological polar surface area (TPSA) is 58.6 Å². The number of aliphatic carboxylic acids is 1. The first-order chi connectivity index (χ1) is 10.0. The van der Waals surface area contributed by atoms with Gasteiger partial charge in [0, 0.05) is 15.7 Å². The zero-order valence-electron chi connectivity index (χ0n) is 11.1. The van der Waals surface area contributed by atoms with Crippen LogP contribution in [0, 0.1) is 5.82 Å². The number of anilines is 1. The van der Waals surface area contributed by atoms with E-state index in [0.717, 1.165) is 0 Å². The maximum absolute atomic E-state index is 12.9. The Morgan fingerprint density at radius 1 is 1.29 bits per heavy atom. The Kier molecular flexibility index (Phi) is 4.80. The maximum Gasteiger partial charge on any atom is 0.330 e. The fourth-order valence-electron chi connectivity index (χ4n) is 1.86. The third-order valence-electron chi connectivity index (χ3n) is 2.92. The van der Waals surface area contributed by atoms with Crippen LogP contribution in [0.4, 0.5) is 10.1 Å². The smallest absolute Gasteiger partial charge is 0.330 e. The SMILES string of the molecule is COc1ccc(Br)c(C(Nc2ccc(F)cc2)C(=O)O)c1. The molecule has 4 nitrogen and oxygen atoms in total. The summed E-state index contributed by atoms with van der Waals surface area (Å²) in [4.78, 5) is 11.5. The first kappa shape index (κ1) is 15.3. The molecule has 1 unspecified atom stereocenters. The number of carbonyl (C=O) groups is 1. The van der Waals surface area contributed by atoms with Crippen molar-refractivity contribution >= 4 is 27.6 Å². The lowest BCUT2D eigenvalue weighted by atomic mass is 10.1. The number of rotatable bonds is 5. The van der Waals surface area contributed by atoms with Crippen molar-refractivity contribution in [3.63, 3.8) is 0 Å². The minimum atomic E-state index is -1.05. The van der Waals surface area contributed by atoms with Gasteiger partial charge in [0.05, 0.1) is 7.11 Å². The van der Waals surface area contributed by atoms with Crippen LogP contribution in [0.5, 0.6) is 5.75 Å². The van der Waals surface area contributed by atoms with E-state index in [-0.39, 0.29) is 5.82 Å². The summed E-state index contributed by atoms with van der Waals surface area (Å²) >= 11 is 3.33. The Morgan fingerprint density at radius 3 is 2.52 bits per heavy atom. The van der Waals surface area contributed by atoms with Gasteiger partial charge >= 0.3 is 5.97 Å². The number of nitrogens with one attached hydrogen (secondary N) is 1. The number of methoxy groups -OCH3 is 1. The number of hydrogen-bond donors (Lipinski definition) is 2. The Hall–Kier alpha value is -2.08. The van der Waals surface area contributed by atoms with E-state index in [9.17, 15) is 14.3 Å². The second-order valence-electron chi connectivity index (χ2n) is 4.31. The van der Waals surface area contributed by atoms with Crippen LogP contribution in [0.15, 0.2) is 46.9 Å². The highest BCUT2D eigenvalue weighted by molar-refractivity contribution is 9.10. The largest absolute Gasteiger partial charge is 0.497 e. The molecule has 0 bridgehead atoms. The van der Waals surface area contributed by atoms with Crippen molar-refractivity contribution in [3.8, 4) is 5.75 Å². The number of carboxylic acids is 1. The summed E-state index contributed by atoms with van der Waals surface area (Å²) in [5.74, 6) is -0.872. The molecule has 0 spiro atoms. The standard InChI is InChI=1S/C15H13BrFNO3/c1-21-11-6-7-13(16)12(8-11)14(15(19)20)18-10-4-2-9(17)3-5-10/h2-8,14,18H,1H3,(H,19,20). The molecule has 6 heteroatoms. The Bertz CT molecular complexity index is 646. The van der Waals surface area contributed by atoms with Crippen LogP contribution in [0.2, 0.25) is 0 Å². The van der Waals surface area contributed by atoms with Crippen LogP contribution in [-0.2, 0) is 4.79 Å². The second-order valence-corrected chi connectivity index (χ2v) is 5.16. The third kappa shape index (κ3) is 3.72. The van der Waals surface area contributed by atoms with Crippen LogP contribution >= 0.6 is 15.9 Å². The number of ether oxygens (including phenoxy) is 1. The quantitative estimate of drug-likeness (QED) is 0.857. The molecule has 0 aliphatic carbocycles. The highest BCUT2D eigenvalue weighted by atomic mass is 79.9. The van der Waals surface area contributed by atoms with Gasteiger partial charge in [-0.05, 0) is 42.5 Å². The van der Waals surface area contributed by atoms with Crippen molar-refractivity contribution in [3.05, 3.63) is 58.3 Å². The molecule has 2 aromatic rings. The van der Waals surface area contributed by atoms with Crippen LogP contribution in [0.1, 0.15) is 11.6 Å². The molecule has 0 fully saturated rings. The van der Waals surface area contributed by atoms with Crippen molar-refractivity contribution < 1.29 is 19.0 Å². The molecule has 0 aliphatic heterocycles. The summed E-state index contributed by atoms with van der Waals surface area (Å²) < 4.78 is 18.7. The van der Waals surface area contributed by atoms with Gasteiger partial charge in [-0.1, -0.05) is 15.9 Å². The van der Waals surface area contributed by atoms with E-state index in [1.54, 1.807) is 18.2 Å². The average molecular weight is 354 g/mol. The molecular weight excluding hydrogens is 341 g/mol. The molecule has 0 aromatic heterocycles. The first-order valence-electron chi connectivity index (χ1n) is 6.09. The lowest BCUT2D eigenvalue weighted by Gasteiger charge is -2.18. The van der Waals surface area contributed by atoms with E-state index >= 15 is 0 Å². The fraction of sp³-hybridized carbons (Fsp3) is 0.133. The predicted molar refractivity (Wildman–Crippen MR) is 81.1 cm³/mol. The molecule has 2 rings (SSSR count). The lowest BCUT2D eigenvalue weighted by molar-refractivity contribution is -0.138. The van der Waals surface area contributed by atoms with E-state index in [1.165, 1.54) is 31.4 Å². The van der Waals surface area contributed by atoms with Gasteiger partial charge in [0.25, 0.3) is 0 Å². The van der Waals surface area contributed by atoms with Gasteiger partial charge in [-0.25, -0.2) is 9.18 Å². The van der Waals surface area contributed by atoms with E-state index in [0.29, 0.717) is 21.5 Å². The predicted octanol–water partition coefficient (Wildman–Crippen LogP) is 3.83. The van der Waals surface area contributed by atoms with Gasteiger partial charge in [0.2, 0.25) is 0 Å². The fourth-order valence-corrected chi connectivity index (χ4v) is 2.33. The highest BCUT2D eigenvalue weighted by Crippen LogP contribution is 2.30.